The van der Waals surface area contributed by atoms with Gasteiger partial charge >= 0.3 is 0 Å². The zero-order valence-electron chi connectivity index (χ0n) is 12.2. The Balaban J connectivity index is 1.97. The molecule has 1 heterocycles. The van der Waals surface area contributed by atoms with Crippen LogP contribution in [0.25, 0.3) is 0 Å². The second-order valence-electron chi connectivity index (χ2n) is 5.52. The van der Waals surface area contributed by atoms with Gasteiger partial charge in [-0.3, -0.25) is 9.59 Å². The second-order valence-corrected chi connectivity index (χ2v) is 6.36. The van der Waals surface area contributed by atoms with E-state index in [2.05, 4.69) is 5.32 Å². The number of anilines is 1. The summed E-state index contributed by atoms with van der Waals surface area (Å²) in [6, 6.07) is 9.48. The molecule has 0 saturated carbocycles. The van der Waals surface area contributed by atoms with E-state index >= 15 is 0 Å². The lowest BCUT2D eigenvalue weighted by atomic mass is 9.87. The van der Waals surface area contributed by atoms with E-state index in [9.17, 15) is 14.7 Å². The maximum Gasteiger partial charge on any atom is 0.261 e. The van der Waals surface area contributed by atoms with Gasteiger partial charge in [0.1, 0.15) is 0 Å². The van der Waals surface area contributed by atoms with Crippen LogP contribution in [0.15, 0.2) is 36.4 Å². The van der Waals surface area contributed by atoms with Gasteiger partial charge in [-0.25, -0.2) is 0 Å². The molecule has 1 amide bonds. The smallest absolute Gasteiger partial charge is 0.261 e. The minimum absolute atomic E-state index is 0.347. The molecule has 6 heteroatoms. The van der Waals surface area contributed by atoms with Crippen LogP contribution in [0, 0.1) is 6.92 Å². The summed E-state index contributed by atoms with van der Waals surface area (Å²) < 4.78 is 0. The lowest BCUT2D eigenvalue weighted by molar-refractivity contribution is -0.133. The quantitative estimate of drug-likeness (QED) is 0.830. The number of benzene rings is 2. The van der Waals surface area contributed by atoms with Crippen molar-refractivity contribution in [2.45, 2.75) is 18.9 Å². The molecule has 0 radical (unpaired) electrons. The van der Waals surface area contributed by atoms with E-state index in [0.717, 1.165) is 0 Å². The standard InChI is InChI=1S/C17H13Cl2NO3/c1-9-13(19)7-6-12-15(9)20-16(22)17(12,23)8-14(21)10-2-4-11(18)5-3-10/h2-7,23H,8H2,1H3,(H,20,22)/t17-/m1/s1. The van der Waals surface area contributed by atoms with Crippen molar-refractivity contribution in [3.8, 4) is 0 Å². The monoisotopic (exact) mass is 349 g/mol. The zero-order valence-corrected chi connectivity index (χ0v) is 13.7. The molecule has 0 unspecified atom stereocenters. The molecule has 2 N–H and O–H groups in total. The Morgan fingerprint density at radius 2 is 1.83 bits per heavy atom. The van der Waals surface area contributed by atoms with Gasteiger partial charge in [0, 0.05) is 21.2 Å². The number of rotatable bonds is 3. The molecule has 1 atom stereocenters. The van der Waals surface area contributed by atoms with Crippen LogP contribution in [0.1, 0.15) is 27.9 Å². The first kappa shape index (κ1) is 16.0. The Morgan fingerprint density at radius 3 is 2.48 bits per heavy atom. The van der Waals surface area contributed by atoms with Crippen LogP contribution in [0.3, 0.4) is 0 Å². The Morgan fingerprint density at radius 1 is 1.17 bits per heavy atom. The van der Waals surface area contributed by atoms with Gasteiger partial charge in [0.15, 0.2) is 11.4 Å². The molecule has 1 aliphatic heterocycles. The third-order valence-electron chi connectivity index (χ3n) is 4.04. The first-order chi connectivity index (χ1) is 10.8. The average molecular weight is 350 g/mol. The van der Waals surface area contributed by atoms with Crippen LogP contribution >= 0.6 is 23.2 Å². The second kappa shape index (κ2) is 5.64. The lowest BCUT2D eigenvalue weighted by Gasteiger charge is -2.20. The van der Waals surface area contributed by atoms with Crippen molar-refractivity contribution in [2.75, 3.05) is 5.32 Å². The fourth-order valence-corrected chi connectivity index (χ4v) is 2.96. The summed E-state index contributed by atoms with van der Waals surface area (Å²) in [4.78, 5) is 24.7. The van der Waals surface area contributed by atoms with Crippen molar-refractivity contribution in [2.24, 2.45) is 0 Å². The third-order valence-corrected chi connectivity index (χ3v) is 4.70. The summed E-state index contributed by atoms with van der Waals surface area (Å²) in [7, 11) is 0. The predicted octanol–water partition coefficient (Wildman–Crippen LogP) is 3.71. The van der Waals surface area contributed by atoms with Gasteiger partial charge in [-0.15, -0.1) is 0 Å². The molecule has 118 valence electrons. The van der Waals surface area contributed by atoms with Crippen molar-refractivity contribution in [1.82, 2.24) is 0 Å². The molecule has 0 saturated heterocycles. The van der Waals surface area contributed by atoms with E-state index in [0.29, 0.717) is 32.4 Å². The lowest BCUT2D eigenvalue weighted by Crippen LogP contribution is -2.36. The molecule has 0 aromatic heterocycles. The van der Waals surface area contributed by atoms with Crippen LogP contribution in [-0.4, -0.2) is 16.8 Å². The fourth-order valence-electron chi connectivity index (χ4n) is 2.68. The molecule has 2 aromatic rings. The molecule has 3 rings (SSSR count). The highest BCUT2D eigenvalue weighted by Crippen LogP contribution is 2.42. The maximum atomic E-state index is 12.4. The number of Topliss-reactive ketones (excluding diaryl/α,β-unsaturated/α-hetero) is 1. The minimum Gasteiger partial charge on any atom is -0.375 e. The van der Waals surface area contributed by atoms with Gasteiger partial charge in [0.25, 0.3) is 5.91 Å². The van der Waals surface area contributed by atoms with Gasteiger partial charge in [-0.2, -0.15) is 0 Å². The molecule has 0 fully saturated rings. The Bertz CT molecular complexity index is 817. The summed E-state index contributed by atoms with van der Waals surface area (Å²) in [5, 5.41) is 14.4. The van der Waals surface area contributed by atoms with E-state index in [1.54, 1.807) is 43.3 Å². The third kappa shape index (κ3) is 2.63. The Hall–Kier alpha value is -1.88. The van der Waals surface area contributed by atoms with Gasteiger partial charge in [-0.05, 0) is 42.8 Å². The molecule has 0 aliphatic carbocycles. The van der Waals surface area contributed by atoms with E-state index in [1.807, 2.05) is 0 Å². The number of hydrogen-bond acceptors (Lipinski definition) is 3. The molecule has 2 aromatic carbocycles. The molecule has 23 heavy (non-hydrogen) atoms. The molecule has 0 spiro atoms. The van der Waals surface area contributed by atoms with Gasteiger partial charge in [-0.1, -0.05) is 29.3 Å². The molecular formula is C17H13Cl2NO3. The van der Waals surface area contributed by atoms with Crippen LogP contribution in [-0.2, 0) is 10.4 Å². The van der Waals surface area contributed by atoms with Gasteiger partial charge in [0.05, 0.1) is 12.1 Å². The Labute approximate surface area is 143 Å². The summed E-state index contributed by atoms with van der Waals surface area (Å²) in [5.74, 6) is -0.972. The first-order valence-electron chi connectivity index (χ1n) is 6.95. The molecular weight excluding hydrogens is 337 g/mol. The maximum absolute atomic E-state index is 12.4. The van der Waals surface area contributed by atoms with Crippen molar-refractivity contribution in [1.29, 1.82) is 0 Å². The summed E-state index contributed by atoms with van der Waals surface area (Å²) in [5.41, 5.74) is -0.0238. The number of ketones is 1. The number of halogens is 2. The van der Waals surface area contributed by atoms with Crippen LogP contribution in [0.5, 0.6) is 0 Å². The number of aliphatic hydroxyl groups is 1. The van der Waals surface area contributed by atoms with Crippen molar-refractivity contribution >= 4 is 40.6 Å². The summed E-state index contributed by atoms with van der Waals surface area (Å²) in [6.07, 6.45) is -0.353. The first-order valence-corrected chi connectivity index (χ1v) is 7.70. The number of hydrogen-bond donors (Lipinski definition) is 2. The highest BCUT2D eigenvalue weighted by Gasteiger charge is 2.47. The molecule has 0 bridgehead atoms. The SMILES string of the molecule is Cc1c(Cl)ccc2c1NC(=O)[C@@]2(O)CC(=O)c1ccc(Cl)cc1. The predicted molar refractivity (Wildman–Crippen MR) is 89.1 cm³/mol. The van der Waals surface area contributed by atoms with E-state index in [-0.39, 0.29) is 12.2 Å². The highest BCUT2D eigenvalue weighted by atomic mass is 35.5. The van der Waals surface area contributed by atoms with Gasteiger partial charge < -0.3 is 10.4 Å². The number of carbonyl (C=O) groups is 2. The van der Waals surface area contributed by atoms with Gasteiger partial charge in [0.2, 0.25) is 0 Å². The van der Waals surface area contributed by atoms with Crippen molar-refractivity contribution in [3.63, 3.8) is 0 Å². The molecule has 4 nitrogen and oxygen atoms in total. The minimum atomic E-state index is -1.90. The Kier molecular flexibility index (Phi) is 3.92. The van der Waals surface area contributed by atoms with E-state index in [1.165, 1.54) is 0 Å². The zero-order chi connectivity index (χ0) is 16.8. The number of amides is 1. The largest absolute Gasteiger partial charge is 0.375 e. The van der Waals surface area contributed by atoms with E-state index in [4.69, 9.17) is 23.2 Å². The topological polar surface area (TPSA) is 66.4 Å². The van der Waals surface area contributed by atoms with Crippen LogP contribution in [0.2, 0.25) is 10.0 Å². The highest BCUT2D eigenvalue weighted by molar-refractivity contribution is 6.32. The molecule has 1 aliphatic rings. The average Bonchev–Trinajstić information content (AvgIpc) is 2.76. The van der Waals surface area contributed by atoms with Crippen LogP contribution < -0.4 is 5.32 Å². The van der Waals surface area contributed by atoms with Crippen molar-refractivity contribution < 1.29 is 14.7 Å². The summed E-state index contributed by atoms with van der Waals surface area (Å²) >= 11 is 11.8. The number of carbonyl (C=O) groups excluding carboxylic acids is 2. The number of nitrogens with one attached hydrogen (secondary N) is 1. The number of fused-ring (bicyclic) bond motifs is 1. The normalized spacial score (nSPS) is 19.4. The van der Waals surface area contributed by atoms with E-state index < -0.39 is 11.5 Å². The van der Waals surface area contributed by atoms with Crippen molar-refractivity contribution in [3.05, 3.63) is 63.1 Å². The summed E-state index contributed by atoms with van der Waals surface area (Å²) in [6.45, 7) is 1.74. The fraction of sp³-hybridized carbons (Fsp3) is 0.176. The van der Waals surface area contributed by atoms with Crippen LogP contribution in [0.4, 0.5) is 5.69 Å².